The fraction of sp³-hybridized carbons (Fsp3) is 0.455. The second-order valence-corrected chi connectivity index (χ2v) is 3.85. The Morgan fingerprint density at radius 3 is 3.19 bits per heavy atom. The van der Waals surface area contributed by atoms with Crippen molar-refractivity contribution in [1.82, 2.24) is 10.3 Å². The maximum Gasteiger partial charge on any atom is 0.319 e. The molecule has 0 radical (unpaired) electrons. The molecule has 1 aliphatic rings. The SMILES string of the molecule is Cc1ccncc1NC(=O)NC1CCOC1. The van der Waals surface area contributed by atoms with E-state index in [0.29, 0.717) is 6.61 Å². The van der Waals surface area contributed by atoms with Gasteiger partial charge in [-0.3, -0.25) is 4.98 Å². The molecule has 0 saturated carbocycles. The monoisotopic (exact) mass is 221 g/mol. The van der Waals surface area contributed by atoms with Crippen LogP contribution < -0.4 is 10.6 Å². The summed E-state index contributed by atoms with van der Waals surface area (Å²) in [5, 5.41) is 5.62. The van der Waals surface area contributed by atoms with E-state index in [9.17, 15) is 4.79 Å². The minimum atomic E-state index is -0.202. The van der Waals surface area contributed by atoms with E-state index >= 15 is 0 Å². The lowest BCUT2D eigenvalue weighted by Crippen LogP contribution is -2.38. The first-order valence-electron chi connectivity index (χ1n) is 5.31. The van der Waals surface area contributed by atoms with Crippen LogP contribution in [0.4, 0.5) is 10.5 Å². The lowest BCUT2D eigenvalue weighted by atomic mass is 10.2. The number of amides is 2. The zero-order valence-electron chi connectivity index (χ0n) is 9.19. The van der Waals surface area contributed by atoms with Crippen LogP contribution in [0, 0.1) is 6.92 Å². The van der Waals surface area contributed by atoms with E-state index in [1.807, 2.05) is 13.0 Å². The molecule has 86 valence electrons. The number of pyridine rings is 1. The topological polar surface area (TPSA) is 63.2 Å². The Morgan fingerprint density at radius 2 is 2.50 bits per heavy atom. The molecule has 1 unspecified atom stereocenters. The highest BCUT2D eigenvalue weighted by molar-refractivity contribution is 5.90. The Balaban J connectivity index is 1.89. The molecule has 5 heteroatoms. The summed E-state index contributed by atoms with van der Waals surface area (Å²) < 4.78 is 5.18. The van der Waals surface area contributed by atoms with Crippen LogP contribution in [0.2, 0.25) is 0 Å². The standard InChI is InChI=1S/C11H15N3O2/c1-8-2-4-12-6-10(8)14-11(15)13-9-3-5-16-7-9/h2,4,6,9H,3,5,7H2,1H3,(H2,13,14,15). The second-order valence-electron chi connectivity index (χ2n) is 3.85. The van der Waals surface area contributed by atoms with Crippen LogP contribution in [0.25, 0.3) is 0 Å². The first kappa shape index (κ1) is 10.9. The minimum absolute atomic E-state index is 0.122. The van der Waals surface area contributed by atoms with E-state index in [0.717, 1.165) is 24.3 Å². The second kappa shape index (κ2) is 4.94. The number of carbonyl (C=O) groups is 1. The normalized spacial score (nSPS) is 19.4. The fourth-order valence-electron chi connectivity index (χ4n) is 1.59. The predicted octanol–water partition coefficient (Wildman–Crippen LogP) is 1.30. The van der Waals surface area contributed by atoms with Gasteiger partial charge >= 0.3 is 6.03 Å². The van der Waals surface area contributed by atoms with Gasteiger partial charge in [0.05, 0.1) is 24.5 Å². The molecular weight excluding hydrogens is 206 g/mol. The van der Waals surface area contributed by atoms with Crippen LogP contribution in [0.3, 0.4) is 0 Å². The van der Waals surface area contributed by atoms with Gasteiger partial charge in [-0.15, -0.1) is 0 Å². The number of rotatable bonds is 2. The van der Waals surface area contributed by atoms with E-state index in [1.54, 1.807) is 12.4 Å². The maximum atomic E-state index is 11.6. The summed E-state index contributed by atoms with van der Waals surface area (Å²) >= 11 is 0. The molecule has 2 N–H and O–H groups in total. The molecular formula is C11H15N3O2. The van der Waals surface area contributed by atoms with Crippen LogP contribution in [-0.2, 0) is 4.74 Å². The van der Waals surface area contributed by atoms with Crippen LogP contribution in [0.1, 0.15) is 12.0 Å². The van der Waals surface area contributed by atoms with E-state index in [-0.39, 0.29) is 12.1 Å². The van der Waals surface area contributed by atoms with Gasteiger partial charge in [0, 0.05) is 12.8 Å². The summed E-state index contributed by atoms with van der Waals surface area (Å²) in [5.74, 6) is 0. The summed E-state index contributed by atoms with van der Waals surface area (Å²) in [6.07, 6.45) is 4.21. The molecule has 2 amide bonds. The van der Waals surface area contributed by atoms with Gasteiger partial charge in [0.25, 0.3) is 0 Å². The average Bonchev–Trinajstić information content (AvgIpc) is 2.74. The van der Waals surface area contributed by atoms with Crippen LogP contribution >= 0.6 is 0 Å². The van der Waals surface area contributed by atoms with Gasteiger partial charge < -0.3 is 15.4 Å². The molecule has 1 saturated heterocycles. The smallest absolute Gasteiger partial charge is 0.319 e. The third kappa shape index (κ3) is 2.70. The van der Waals surface area contributed by atoms with Crippen molar-refractivity contribution in [2.45, 2.75) is 19.4 Å². The number of aromatic nitrogens is 1. The molecule has 0 bridgehead atoms. The highest BCUT2D eigenvalue weighted by atomic mass is 16.5. The fourth-order valence-corrected chi connectivity index (χ4v) is 1.59. The van der Waals surface area contributed by atoms with Gasteiger partial charge in [-0.1, -0.05) is 0 Å². The predicted molar refractivity (Wildman–Crippen MR) is 60.4 cm³/mol. The van der Waals surface area contributed by atoms with Crippen molar-refractivity contribution in [2.75, 3.05) is 18.5 Å². The number of nitrogens with one attached hydrogen (secondary N) is 2. The molecule has 0 aliphatic carbocycles. The summed E-state index contributed by atoms with van der Waals surface area (Å²) in [7, 11) is 0. The Labute approximate surface area is 94.2 Å². The summed E-state index contributed by atoms with van der Waals surface area (Å²) in [5.41, 5.74) is 1.73. The van der Waals surface area contributed by atoms with Crippen molar-refractivity contribution >= 4 is 11.7 Å². The largest absolute Gasteiger partial charge is 0.379 e. The van der Waals surface area contributed by atoms with Crippen LogP contribution in [0.15, 0.2) is 18.5 Å². The third-order valence-electron chi connectivity index (χ3n) is 2.55. The molecule has 1 aliphatic heterocycles. The van der Waals surface area contributed by atoms with Crippen molar-refractivity contribution < 1.29 is 9.53 Å². The molecule has 0 aromatic carbocycles. The number of aryl methyl sites for hydroxylation is 1. The van der Waals surface area contributed by atoms with Gasteiger partial charge in [0.2, 0.25) is 0 Å². The van der Waals surface area contributed by atoms with Crippen LogP contribution in [-0.4, -0.2) is 30.3 Å². The summed E-state index contributed by atoms with van der Waals surface area (Å²) in [4.78, 5) is 15.6. The van der Waals surface area contributed by atoms with Crippen molar-refractivity contribution in [3.63, 3.8) is 0 Å². The van der Waals surface area contributed by atoms with E-state index in [2.05, 4.69) is 15.6 Å². The van der Waals surface area contributed by atoms with E-state index in [1.165, 1.54) is 0 Å². The molecule has 1 aromatic rings. The number of urea groups is 1. The maximum absolute atomic E-state index is 11.6. The highest BCUT2D eigenvalue weighted by Crippen LogP contribution is 2.11. The number of carbonyl (C=O) groups excluding carboxylic acids is 1. The highest BCUT2D eigenvalue weighted by Gasteiger charge is 2.17. The van der Waals surface area contributed by atoms with E-state index in [4.69, 9.17) is 4.74 Å². The molecule has 1 fully saturated rings. The Kier molecular flexibility index (Phi) is 3.36. The average molecular weight is 221 g/mol. The van der Waals surface area contributed by atoms with Crippen molar-refractivity contribution in [2.24, 2.45) is 0 Å². The number of anilines is 1. The zero-order valence-corrected chi connectivity index (χ0v) is 9.19. The summed E-state index contributed by atoms with van der Waals surface area (Å²) in [6, 6.07) is 1.78. The number of nitrogens with zero attached hydrogens (tertiary/aromatic N) is 1. The van der Waals surface area contributed by atoms with Crippen molar-refractivity contribution in [3.8, 4) is 0 Å². The number of hydrogen-bond acceptors (Lipinski definition) is 3. The van der Waals surface area contributed by atoms with Crippen LogP contribution in [0.5, 0.6) is 0 Å². The molecule has 16 heavy (non-hydrogen) atoms. The molecule has 1 aromatic heterocycles. The first-order chi connectivity index (χ1) is 7.75. The Bertz CT molecular complexity index is 375. The van der Waals surface area contributed by atoms with Crippen molar-refractivity contribution in [1.29, 1.82) is 0 Å². The lowest BCUT2D eigenvalue weighted by Gasteiger charge is -2.12. The minimum Gasteiger partial charge on any atom is -0.379 e. The first-order valence-corrected chi connectivity index (χ1v) is 5.31. The molecule has 2 heterocycles. The quantitative estimate of drug-likeness (QED) is 0.791. The lowest BCUT2D eigenvalue weighted by molar-refractivity contribution is 0.189. The summed E-state index contributed by atoms with van der Waals surface area (Å²) in [6.45, 7) is 3.24. The molecule has 2 rings (SSSR count). The van der Waals surface area contributed by atoms with Crippen molar-refractivity contribution in [3.05, 3.63) is 24.0 Å². The Morgan fingerprint density at radius 1 is 1.62 bits per heavy atom. The third-order valence-corrected chi connectivity index (χ3v) is 2.55. The molecule has 5 nitrogen and oxygen atoms in total. The van der Waals surface area contributed by atoms with E-state index < -0.39 is 0 Å². The molecule has 0 spiro atoms. The van der Waals surface area contributed by atoms with Gasteiger partial charge in [-0.05, 0) is 25.0 Å². The number of ether oxygens (including phenoxy) is 1. The number of hydrogen-bond donors (Lipinski definition) is 2. The van der Waals surface area contributed by atoms with Gasteiger partial charge in [-0.25, -0.2) is 4.79 Å². The van der Waals surface area contributed by atoms with Gasteiger partial charge in [0.15, 0.2) is 0 Å². The Hall–Kier alpha value is -1.62. The zero-order chi connectivity index (χ0) is 11.4. The van der Waals surface area contributed by atoms with Gasteiger partial charge in [-0.2, -0.15) is 0 Å². The molecule has 1 atom stereocenters. The van der Waals surface area contributed by atoms with Gasteiger partial charge in [0.1, 0.15) is 0 Å².